The van der Waals surface area contributed by atoms with Gasteiger partial charge in [0, 0.05) is 21.7 Å². The second-order valence-corrected chi connectivity index (χ2v) is 7.47. The molecule has 1 amide bonds. The number of nitrogens with one attached hydrogen (secondary N) is 1. The van der Waals surface area contributed by atoms with Gasteiger partial charge in [0.2, 0.25) is 5.82 Å². The first kappa shape index (κ1) is 19.4. The maximum atomic E-state index is 12.6. The van der Waals surface area contributed by atoms with Crippen molar-refractivity contribution in [1.82, 2.24) is 15.5 Å². The highest BCUT2D eigenvalue weighted by Gasteiger charge is 2.44. The highest BCUT2D eigenvalue weighted by Crippen LogP contribution is 2.39. The Morgan fingerprint density at radius 3 is 2.31 bits per heavy atom. The van der Waals surface area contributed by atoms with Gasteiger partial charge < -0.3 is 9.84 Å². The van der Waals surface area contributed by atoms with Gasteiger partial charge in [0.15, 0.2) is 0 Å². The van der Waals surface area contributed by atoms with Crippen LogP contribution in [0.25, 0.3) is 11.4 Å². The number of nitrogens with zero attached hydrogens (tertiary/aromatic N) is 2. The van der Waals surface area contributed by atoms with Crippen LogP contribution >= 0.6 is 11.6 Å². The third-order valence-corrected chi connectivity index (χ3v) is 5.01. The molecule has 2 aromatic carbocycles. The zero-order valence-electron chi connectivity index (χ0n) is 15.0. The van der Waals surface area contributed by atoms with Crippen molar-refractivity contribution < 1.29 is 22.5 Å². The summed E-state index contributed by atoms with van der Waals surface area (Å²) < 4.78 is 41.9. The minimum Gasteiger partial charge on any atom is -0.346 e. The number of carbonyl (C=O) groups excluding carboxylic acids is 1. The predicted octanol–water partition coefficient (Wildman–Crippen LogP) is 4.91. The quantitative estimate of drug-likeness (QED) is 0.635. The lowest BCUT2D eigenvalue weighted by Gasteiger charge is -2.18. The van der Waals surface area contributed by atoms with E-state index < -0.39 is 12.1 Å². The molecule has 0 unspecified atom stereocenters. The molecule has 0 bridgehead atoms. The van der Waals surface area contributed by atoms with E-state index in [-0.39, 0.29) is 17.3 Å². The van der Waals surface area contributed by atoms with Crippen LogP contribution in [-0.4, -0.2) is 21.6 Å². The van der Waals surface area contributed by atoms with E-state index in [2.05, 4.69) is 20.0 Å². The van der Waals surface area contributed by atoms with E-state index in [1.807, 2.05) is 24.3 Å². The van der Waals surface area contributed by atoms with E-state index in [0.717, 1.165) is 18.4 Å². The molecular weight excluding hydrogens is 407 g/mol. The molecule has 150 valence electrons. The molecule has 0 radical (unpaired) electrons. The Kier molecular flexibility index (Phi) is 4.82. The molecule has 1 heterocycles. The average Bonchev–Trinajstić information content (AvgIpc) is 3.23. The maximum Gasteiger partial charge on any atom is 0.471 e. The molecule has 0 atom stereocenters. The highest BCUT2D eigenvalue weighted by atomic mass is 35.5. The van der Waals surface area contributed by atoms with Gasteiger partial charge in [-0.05, 0) is 49.1 Å². The summed E-state index contributed by atoms with van der Waals surface area (Å²) in [5, 5.41) is 7.05. The number of hydrogen-bond donors (Lipinski definition) is 1. The molecule has 9 heteroatoms. The first-order valence-corrected chi connectivity index (χ1v) is 9.20. The van der Waals surface area contributed by atoms with Gasteiger partial charge in [-0.1, -0.05) is 41.0 Å². The second-order valence-electron chi connectivity index (χ2n) is 7.04. The molecule has 0 aliphatic heterocycles. The van der Waals surface area contributed by atoms with Crippen LogP contribution in [0.5, 0.6) is 0 Å². The van der Waals surface area contributed by atoms with Gasteiger partial charge in [-0.3, -0.25) is 4.79 Å². The first-order valence-electron chi connectivity index (χ1n) is 8.82. The summed E-state index contributed by atoms with van der Waals surface area (Å²) in [7, 11) is 0. The average molecular weight is 422 g/mol. The minimum absolute atomic E-state index is 0.189. The highest BCUT2D eigenvalue weighted by molar-refractivity contribution is 6.30. The van der Waals surface area contributed by atoms with Gasteiger partial charge >= 0.3 is 12.1 Å². The Hall–Kier alpha value is -2.87. The van der Waals surface area contributed by atoms with Crippen molar-refractivity contribution in [3.05, 3.63) is 70.6 Å². The largest absolute Gasteiger partial charge is 0.471 e. The van der Waals surface area contributed by atoms with Gasteiger partial charge in [0.25, 0.3) is 5.91 Å². The molecule has 1 N–H and O–H groups in total. The smallest absolute Gasteiger partial charge is 0.346 e. The second kappa shape index (κ2) is 7.18. The maximum absolute atomic E-state index is 12.6. The number of amides is 1. The Balaban J connectivity index is 1.43. The summed E-state index contributed by atoms with van der Waals surface area (Å²) in [6.45, 7) is 0. The van der Waals surface area contributed by atoms with Gasteiger partial charge in [-0.15, -0.1) is 0 Å². The lowest BCUT2D eigenvalue weighted by atomic mass is 10.0. The number of hydrogen-bond acceptors (Lipinski definition) is 4. The Bertz CT molecular complexity index is 1030. The molecule has 1 aromatic heterocycles. The minimum atomic E-state index is -4.70. The SMILES string of the molecule is O=C(NC1(Cc2ccc(Cl)cc2)CC1)c1ccc(-c2noc(C(F)(F)F)n2)cc1. The number of aromatic nitrogens is 2. The van der Waals surface area contributed by atoms with Crippen molar-refractivity contribution in [2.45, 2.75) is 31.0 Å². The van der Waals surface area contributed by atoms with Crippen molar-refractivity contribution in [2.75, 3.05) is 0 Å². The molecule has 1 fully saturated rings. The molecule has 1 aliphatic carbocycles. The standard InChI is InChI=1S/C20H15ClF3N3O2/c21-15-7-1-12(2-8-15)11-19(9-10-19)26-17(28)14-5-3-13(4-6-14)16-25-18(29-27-16)20(22,23)24/h1-8H,9-11H2,(H,26,28). The third kappa shape index (κ3) is 4.42. The van der Waals surface area contributed by atoms with Gasteiger partial charge in [-0.25, -0.2) is 0 Å². The normalized spacial score (nSPS) is 15.2. The number of alkyl halides is 3. The van der Waals surface area contributed by atoms with Crippen molar-refractivity contribution >= 4 is 17.5 Å². The molecule has 3 aromatic rings. The van der Waals surface area contributed by atoms with E-state index in [4.69, 9.17) is 11.6 Å². The van der Waals surface area contributed by atoms with E-state index in [1.165, 1.54) is 24.3 Å². The Morgan fingerprint density at radius 2 is 1.76 bits per heavy atom. The van der Waals surface area contributed by atoms with Gasteiger partial charge in [0.05, 0.1) is 0 Å². The fourth-order valence-electron chi connectivity index (χ4n) is 3.03. The molecule has 0 spiro atoms. The first-order chi connectivity index (χ1) is 13.7. The van der Waals surface area contributed by atoms with Crippen LogP contribution in [-0.2, 0) is 12.6 Å². The summed E-state index contributed by atoms with van der Waals surface area (Å²) in [6, 6.07) is 13.5. The lowest BCUT2D eigenvalue weighted by molar-refractivity contribution is -0.159. The van der Waals surface area contributed by atoms with Crippen molar-refractivity contribution in [2.24, 2.45) is 0 Å². The van der Waals surface area contributed by atoms with Gasteiger partial charge in [-0.2, -0.15) is 18.2 Å². The Morgan fingerprint density at radius 1 is 1.10 bits per heavy atom. The monoisotopic (exact) mass is 421 g/mol. The topological polar surface area (TPSA) is 68.0 Å². The summed E-state index contributed by atoms with van der Waals surface area (Å²) in [6.07, 6.45) is -2.24. The van der Waals surface area contributed by atoms with E-state index >= 15 is 0 Å². The number of benzene rings is 2. The van der Waals surface area contributed by atoms with E-state index in [0.29, 0.717) is 22.6 Å². The fraction of sp³-hybridized carbons (Fsp3) is 0.250. The molecule has 29 heavy (non-hydrogen) atoms. The lowest BCUT2D eigenvalue weighted by Crippen LogP contribution is -2.38. The number of rotatable bonds is 5. The molecule has 0 saturated heterocycles. The van der Waals surface area contributed by atoms with Crippen LogP contribution in [0.3, 0.4) is 0 Å². The number of halogens is 4. The molecule has 4 rings (SSSR count). The van der Waals surface area contributed by atoms with Crippen LogP contribution < -0.4 is 5.32 Å². The van der Waals surface area contributed by atoms with Crippen molar-refractivity contribution in [1.29, 1.82) is 0 Å². The van der Waals surface area contributed by atoms with Crippen LogP contribution in [0.2, 0.25) is 5.02 Å². The van der Waals surface area contributed by atoms with E-state index in [1.54, 1.807) is 0 Å². The predicted molar refractivity (Wildman–Crippen MR) is 99.3 cm³/mol. The molecule has 5 nitrogen and oxygen atoms in total. The fourth-order valence-corrected chi connectivity index (χ4v) is 3.16. The molecule has 1 aliphatic rings. The van der Waals surface area contributed by atoms with Crippen molar-refractivity contribution in [3.8, 4) is 11.4 Å². The molecule has 1 saturated carbocycles. The zero-order chi connectivity index (χ0) is 20.6. The van der Waals surface area contributed by atoms with Crippen LogP contribution in [0.4, 0.5) is 13.2 Å². The van der Waals surface area contributed by atoms with Crippen LogP contribution in [0, 0.1) is 0 Å². The third-order valence-electron chi connectivity index (χ3n) is 4.76. The molecular formula is C20H15ClF3N3O2. The van der Waals surface area contributed by atoms with Gasteiger partial charge in [0.1, 0.15) is 0 Å². The Labute approximate surface area is 168 Å². The van der Waals surface area contributed by atoms with Crippen LogP contribution in [0.15, 0.2) is 53.1 Å². The van der Waals surface area contributed by atoms with Crippen molar-refractivity contribution in [3.63, 3.8) is 0 Å². The number of carbonyl (C=O) groups is 1. The summed E-state index contributed by atoms with van der Waals surface area (Å²) in [4.78, 5) is 15.9. The summed E-state index contributed by atoms with van der Waals surface area (Å²) in [5.74, 6) is -1.84. The summed E-state index contributed by atoms with van der Waals surface area (Å²) in [5.41, 5.74) is 1.53. The van der Waals surface area contributed by atoms with Crippen LogP contribution in [0.1, 0.15) is 34.7 Å². The summed E-state index contributed by atoms with van der Waals surface area (Å²) >= 11 is 5.90. The zero-order valence-corrected chi connectivity index (χ0v) is 15.7. The van der Waals surface area contributed by atoms with E-state index in [9.17, 15) is 18.0 Å².